The molecule has 0 fully saturated rings. The van der Waals surface area contributed by atoms with E-state index in [0.29, 0.717) is 18.3 Å². The molecule has 0 bridgehead atoms. The van der Waals surface area contributed by atoms with Crippen molar-refractivity contribution in [3.05, 3.63) is 30.2 Å². The second-order valence-electron chi connectivity index (χ2n) is 5.32. The van der Waals surface area contributed by atoms with Crippen LogP contribution in [-0.2, 0) is 0 Å². The molecule has 0 saturated heterocycles. The molecule has 6 nitrogen and oxygen atoms in total. The van der Waals surface area contributed by atoms with E-state index in [0.717, 1.165) is 11.3 Å². The average Bonchev–Trinajstić information content (AvgIpc) is 3.03. The van der Waals surface area contributed by atoms with Crippen LogP contribution in [0.1, 0.15) is 25.8 Å². The van der Waals surface area contributed by atoms with Crippen LogP contribution in [0.2, 0.25) is 0 Å². The fourth-order valence-electron chi connectivity index (χ4n) is 2.07. The third kappa shape index (κ3) is 3.62. The van der Waals surface area contributed by atoms with Crippen LogP contribution >= 0.6 is 0 Å². The molecule has 0 aliphatic rings. The van der Waals surface area contributed by atoms with E-state index < -0.39 is 0 Å². The van der Waals surface area contributed by atoms with Gasteiger partial charge in [0.05, 0.1) is 25.1 Å². The van der Waals surface area contributed by atoms with Crippen LogP contribution < -0.4 is 4.74 Å². The maximum Gasteiger partial charge on any atom is 0.247 e. The molecule has 0 unspecified atom stereocenters. The molecule has 1 aromatic carbocycles. The predicted octanol–water partition coefficient (Wildman–Crippen LogP) is 2.90. The molecule has 0 aliphatic heterocycles. The number of rotatable bonds is 6. The Morgan fingerprint density at radius 2 is 1.95 bits per heavy atom. The highest BCUT2D eigenvalue weighted by Crippen LogP contribution is 2.25. The van der Waals surface area contributed by atoms with Gasteiger partial charge in [-0.15, -0.1) is 10.2 Å². The van der Waals surface area contributed by atoms with Crippen LogP contribution in [0, 0.1) is 17.2 Å². The van der Waals surface area contributed by atoms with Gasteiger partial charge in [-0.2, -0.15) is 5.26 Å². The molecule has 2 atom stereocenters. The molecule has 0 saturated carbocycles. The van der Waals surface area contributed by atoms with Crippen molar-refractivity contribution >= 4 is 0 Å². The predicted molar refractivity (Wildman–Crippen MR) is 82.1 cm³/mol. The van der Waals surface area contributed by atoms with Gasteiger partial charge in [-0.05, 0) is 45.2 Å². The fraction of sp³-hybridized carbons (Fsp3) is 0.438. The lowest BCUT2D eigenvalue weighted by molar-refractivity contribution is 0.212. The zero-order chi connectivity index (χ0) is 16.1. The summed E-state index contributed by atoms with van der Waals surface area (Å²) >= 11 is 0. The van der Waals surface area contributed by atoms with E-state index in [4.69, 9.17) is 14.4 Å². The summed E-state index contributed by atoms with van der Waals surface area (Å²) in [5.41, 5.74) is 0.847. The van der Waals surface area contributed by atoms with E-state index in [1.807, 2.05) is 50.1 Å². The van der Waals surface area contributed by atoms with Crippen molar-refractivity contribution in [3.8, 4) is 23.3 Å². The van der Waals surface area contributed by atoms with Crippen LogP contribution in [0.25, 0.3) is 11.5 Å². The van der Waals surface area contributed by atoms with E-state index in [2.05, 4.69) is 16.3 Å². The summed E-state index contributed by atoms with van der Waals surface area (Å²) in [6.07, 6.45) is 0. The Bertz CT molecular complexity index is 645. The second kappa shape index (κ2) is 7.05. The molecule has 1 aromatic heterocycles. The normalized spacial score (nSPS) is 13.6. The van der Waals surface area contributed by atoms with Crippen LogP contribution in [-0.4, -0.2) is 35.8 Å². The van der Waals surface area contributed by atoms with Gasteiger partial charge in [-0.1, -0.05) is 0 Å². The molecule has 22 heavy (non-hydrogen) atoms. The summed E-state index contributed by atoms with van der Waals surface area (Å²) in [4.78, 5) is 2.03. The molecule has 0 N–H and O–H groups in total. The lowest BCUT2D eigenvalue weighted by atomic mass is 10.2. The van der Waals surface area contributed by atoms with Gasteiger partial charge in [-0.25, -0.2) is 0 Å². The Kier molecular flexibility index (Phi) is 5.12. The van der Waals surface area contributed by atoms with Gasteiger partial charge in [0.2, 0.25) is 11.8 Å². The topological polar surface area (TPSA) is 75.2 Å². The SMILES string of the molecule is COc1ccc(-c2nnc([C@H](C)N(C)C[C@@H](C)C#N)o2)cc1. The highest BCUT2D eigenvalue weighted by atomic mass is 16.5. The second-order valence-corrected chi connectivity index (χ2v) is 5.32. The van der Waals surface area contributed by atoms with Crippen molar-refractivity contribution in [3.63, 3.8) is 0 Å². The van der Waals surface area contributed by atoms with Gasteiger partial charge < -0.3 is 9.15 Å². The standard InChI is InChI=1S/C16H20N4O2/c1-11(9-17)10-20(3)12(2)15-18-19-16(22-15)13-5-7-14(21-4)8-6-13/h5-8,11-12H,10H2,1-4H3/t11-,12-/m0/s1. The first-order valence-electron chi connectivity index (χ1n) is 7.12. The average molecular weight is 300 g/mol. The monoisotopic (exact) mass is 300 g/mol. The molecular weight excluding hydrogens is 280 g/mol. The number of nitriles is 1. The quantitative estimate of drug-likeness (QED) is 0.816. The number of hydrogen-bond donors (Lipinski definition) is 0. The first kappa shape index (κ1) is 16.0. The minimum absolute atomic E-state index is 0.0450. The smallest absolute Gasteiger partial charge is 0.247 e. The number of aromatic nitrogens is 2. The Hall–Kier alpha value is -2.39. The van der Waals surface area contributed by atoms with Crippen molar-refractivity contribution in [2.75, 3.05) is 20.7 Å². The summed E-state index contributed by atoms with van der Waals surface area (Å²) in [6.45, 7) is 4.52. The van der Waals surface area contributed by atoms with Gasteiger partial charge in [0.15, 0.2) is 0 Å². The molecule has 116 valence electrons. The van der Waals surface area contributed by atoms with Crippen LogP contribution in [0.15, 0.2) is 28.7 Å². The first-order valence-corrected chi connectivity index (χ1v) is 7.12. The van der Waals surface area contributed by atoms with Crippen molar-refractivity contribution in [2.45, 2.75) is 19.9 Å². The number of benzene rings is 1. The maximum atomic E-state index is 8.89. The highest BCUT2D eigenvalue weighted by molar-refractivity contribution is 5.53. The van der Waals surface area contributed by atoms with Gasteiger partial charge in [0, 0.05) is 12.1 Å². The Labute approximate surface area is 130 Å². The van der Waals surface area contributed by atoms with Gasteiger partial charge in [-0.3, -0.25) is 4.90 Å². The lowest BCUT2D eigenvalue weighted by Gasteiger charge is -2.22. The van der Waals surface area contributed by atoms with E-state index in [1.54, 1.807) is 7.11 Å². The Morgan fingerprint density at radius 3 is 2.55 bits per heavy atom. The molecule has 0 radical (unpaired) electrons. The molecule has 0 spiro atoms. The fourth-order valence-corrected chi connectivity index (χ4v) is 2.07. The Morgan fingerprint density at radius 1 is 1.27 bits per heavy atom. The van der Waals surface area contributed by atoms with Crippen LogP contribution in [0.5, 0.6) is 5.75 Å². The van der Waals surface area contributed by atoms with Crippen LogP contribution in [0.4, 0.5) is 0 Å². The van der Waals surface area contributed by atoms with E-state index in [1.165, 1.54) is 0 Å². The molecule has 2 rings (SSSR count). The molecule has 0 aliphatic carbocycles. The minimum Gasteiger partial charge on any atom is -0.497 e. The van der Waals surface area contributed by atoms with Crippen molar-refractivity contribution < 1.29 is 9.15 Å². The van der Waals surface area contributed by atoms with Crippen molar-refractivity contribution in [1.82, 2.24) is 15.1 Å². The summed E-state index contributed by atoms with van der Waals surface area (Å²) in [5.74, 6) is 1.75. The van der Waals surface area contributed by atoms with Gasteiger partial charge in [0.1, 0.15) is 5.75 Å². The maximum absolute atomic E-state index is 8.89. The van der Waals surface area contributed by atoms with Gasteiger partial charge in [0.25, 0.3) is 0 Å². The zero-order valence-electron chi connectivity index (χ0n) is 13.3. The highest BCUT2D eigenvalue weighted by Gasteiger charge is 2.20. The number of methoxy groups -OCH3 is 1. The molecule has 1 heterocycles. The molecule has 0 amide bonds. The summed E-state index contributed by atoms with van der Waals surface area (Å²) in [7, 11) is 3.56. The number of ether oxygens (including phenoxy) is 1. The first-order chi connectivity index (χ1) is 10.5. The number of hydrogen-bond acceptors (Lipinski definition) is 6. The van der Waals surface area contributed by atoms with E-state index >= 15 is 0 Å². The third-order valence-electron chi connectivity index (χ3n) is 3.58. The third-order valence-corrected chi connectivity index (χ3v) is 3.58. The van der Waals surface area contributed by atoms with Crippen molar-refractivity contribution in [1.29, 1.82) is 5.26 Å². The summed E-state index contributed by atoms with van der Waals surface area (Å²) in [6, 6.07) is 9.63. The van der Waals surface area contributed by atoms with E-state index in [9.17, 15) is 0 Å². The molecular formula is C16H20N4O2. The largest absolute Gasteiger partial charge is 0.497 e. The lowest BCUT2D eigenvalue weighted by Crippen LogP contribution is -2.27. The summed E-state index contributed by atoms with van der Waals surface area (Å²) in [5, 5.41) is 17.1. The minimum atomic E-state index is -0.0460. The van der Waals surface area contributed by atoms with Crippen LogP contribution in [0.3, 0.4) is 0 Å². The molecule has 2 aromatic rings. The Balaban J connectivity index is 2.11. The van der Waals surface area contributed by atoms with Gasteiger partial charge >= 0.3 is 0 Å². The number of nitrogens with zero attached hydrogens (tertiary/aromatic N) is 4. The summed E-state index contributed by atoms with van der Waals surface area (Å²) < 4.78 is 10.9. The van der Waals surface area contributed by atoms with E-state index in [-0.39, 0.29) is 12.0 Å². The zero-order valence-corrected chi connectivity index (χ0v) is 13.3. The molecule has 6 heteroatoms. The van der Waals surface area contributed by atoms with Crippen molar-refractivity contribution in [2.24, 2.45) is 5.92 Å².